The summed E-state index contributed by atoms with van der Waals surface area (Å²) in [6.07, 6.45) is 11.8. The van der Waals surface area contributed by atoms with Crippen LogP contribution in [0.1, 0.15) is 66.6 Å². The normalized spacial score (nSPS) is 11.9. The molecule has 0 aliphatic rings. The Bertz CT molecular complexity index is 250. The van der Waals surface area contributed by atoms with Crippen LogP contribution >= 0.6 is 0 Å². The van der Waals surface area contributed by atoms with Crippen LogP contribution in [0.25, 0.3) is 0 Å². The molecule has 3 nitrogen and oxygen atoms in total. The van der Waals surface area contributed by atoms with E-state index in [1.807, 2.05) is 19.9 Å². The van der Waals surface area contributed by atoms with Crippen molar-refractivity contribution in [3.05, 3.63) is 12.7 Å². The fourth-order valence-electron chi connectivity index (χ4n) is 2.16. The van der Waals surface area contributed by atoms with E-state index in [4.69, 9.17) is 5.11 Å². The van der Waals surface area contributed by atoms with Crippen molar-refractivity contribution >= 4 is 5.97 Å². The Morgan fingerprint density at radius 1 is 1.15 bits per heavy atom. The van der Waals surface area contributed by atoms with E-state index in [2.05, 4.69) is 11.9 Å². The maximum Gasteiger partial charge on any atom is 1.00 e. The van der Waals surface area contributed by atoms with Crippen LogP contribution in [0, 0.1) is 5.92 Å². The van der Waals surface area contributed by atoms with Gasteiger partial charge < -0.3 is 11.8 Å². The molecule has 1 atom stereocenters. The predicted octanol–water partition coefficient (Wildman–Crippen LogP) is 1.11. The van der Waals surface area contributed by atoms with Crippen LogP contribution in [0.15, 0.2) is 12.7 Å². The average molecular weight is 293 g/mol. The number of aliphatic carboxylic acids is 1. The molecule has 2 N–H and O–H groups in total. The Morgan fingerprint density at radius 3 is 2.10 bits per heavy atom. The second-order valence-electron chi connectivity index (χ2n) is 5.57. The molecule has 0 aliphatic heterocycles. The summed E-state index contributed by atoms with van der Waals surface area (Å²) in [5, 5.41) is 12.1. The minimum absolute atomic E-state index is 0. The summed E-state index contributed by atoms with van der Waals surface area (Å²) < 4.78 is 0. The third-order valence-corrected chi connectivity index (χ3v) is 3.38. The number of carboxylic acid groups (broad SMARTS) is 1. The van der Waals surface area contributed by atoms with Crippen molar-refractivity contribution in [3.63, 3.8) is 0 Å². The van der Waals surface area contributed by atoms with E-state index in [1.54, 1.807) is 0 Å². The largest absolute Gasteiger partial charge is 1.00 e. The standard InChI is InChI=1S/C16H31NO2.Na.H/c1-4-5-6-7-8-9-10-11-12-13-17-15(14(2)3)16(18)19;;/h4,14-15,17H,1,5-13H2,2-3H3,(H,18,19);;/q;+1;-1/t15-;;/m0../s1. The minimum Gasteiger partial charge on any atom is -1.00 e. The first kappa shape index (κ1) is 22.5. The summed E-state index contributed by atoms with van der Waals surface area (Å²) in [4.78, 5) is 11.0. The van der Waals surface area contributed by atoms with E-state index < -0.39 is 12.0 Å². The molecule has 0 amide bonds. The molecule has 0 aromatic rings. The first-order valence-corrected chi connectivity index (χ1v) is 7.66. The minimum atomic E-state index is -0.739. The van der Waals surface area contributed by atoms with Crippen LogP contribution in [0.3, 0.4) is 0 Å². The quantitative estimate of drug-likeness (QED) is 0.304. The molecule has 0 heterocycles. The molecule has 0 aromatic carbocycles. The summed E-state index contributed by atoms with van der Waals surface area (Å²) in [6, 6.07) is -0.404. The third-order valence-electron chi connectivity index (χ3n) is 3.38. The zero-order chi connectivity index (χ0) is 14.5. The van der Waals surface area contributed by atoms with Crippen molar-refractivity contribution in [2.45, 2.75) is 71.3 Å². The fraction of sp³-hybridized carbons (Fsp3) is 0.812. The molecule has 0 aromatic heterocycles. The Morgan fingerprint density at radius 2 is 1.65 bits per heavy atom. The topological polar surface area (TPSA) is 49.3 Å². The molecule has 0 bridgehead atoms. The summed E-state index contributed by atoms with van der Waals surface area (Å²) in [7, 11) is 0. The number of allylic oxidation sites excluding steroid dienone is 1. The van der Waals surface area contributed by atoms with E-state index in [-0.39, 0.29) is 36.9 Å². The number of hydrogen-bond acceptors (Lipinski definition) is 2. The molecule has 4 heteroatoms. The van der Waals surface area contributed by atoms with E-state index in [0.29, 0.717) is 0 Å². The van der Waals surface area contributed by atoms with Crippen LogP contribution in [-0.2, 0) is 4.79 Å². The number of hydrogen-bond donors (Lipinski definition) is 2. The molecular weight excluding hydrogens is 261 g/mol. The Labute approximate surface area is 148 Å². The molecule has 0 unspecified atom stereocenters. The zero-order valence-corrected chi connectivity index (χ0v) is 15.7. The van der Waals surface area contributed by atoms with Gasteiger partial charge in [0.1, 0.15) is 6.04 Å². The van der Waals surface area contributed by atoms with Crippen molar-refractivity contribution in [2.24, 2.45) is 5.92 Å². The summed E-state index contributed by atoms with van der Waals surface area (Å²) in [6.45, 7) is 8.41. The van der Waals surface area contributed by atoms with Crippen LogP contribution in [0.5, 0.6) is 0 Å². The smallest absolute Gasteiger partial charge is 1.00 e. The van der Waals surface area contributed by atoms with Crippen LogP contribution < -0.4 is 34.9 Å². The van der Waals surface area contributed by atoms with Gasteiger partial charge >= 0.3 is 35.5 Å². The van der Waals surface area contributed by atoms with Crippen molar-refractivity contribution in [3.8, 4) is 0 Å². The second-order valence-corrected chi connectivity index (χ2v) is 5.57. The van der Waals surface area contributed by atoms with Gasteiger partial charge in [0, 0.05) is 0 Å². The van der Waals surface area contributed by atoms with Crippen molar-refractivity contribution in [1.29, 1.82) is 0 Å². The molecular formula is C16H32NNaO2. The number of carbonyl (C=O) groups is 1. The molecule has 0 radical (unpaired) electrons. The van der Waals surface area contributed by atoms with Gasteiger partial charge in [0.05, 0.1) is 0 Å². The maximum atomic E-state index is 11.0. The van der Waals surface area contributed by atoms with Gasteiger partial charge in [-0.3, -0.25) is 4.79 Å². The summed E-state index contributed by atoms with van der Waals surface area (Å²) >= 11 is 0. The molecule has 0 rings (SSSR count). The fourth-order valence-corrected chi connectivity index (χ4v) is 2.16. The van der Waals surface area contributed by atoms with Crippen LogP contribution in [0.2, 0.25) is 0 Å². The average Bonchev–Trinajstić information content (AvgIpc) is 2.35. The number of rotatable bonds is 13. The monoisotopic (exact) mass is 293 g/mol. The predicted molar refractivity (Wildman–Crippen MR) is 82.5 cm³/mol. The van der Waals surface area contributed by atoms with Crippen LogP contribution in [0.4, 0.5) is 0 Å². The maximum absolute atomic E-state index is 11.0. The second kappa shape index (κ2) is 15.6. The van der Waals surface area contributed by atoms with Gasteiger partial charge in [0.15, 0.2) is 0 Å². The van der Waals surface area contributed by atoms with Gasteiger partial charge in [0.25, 0.3) is 0 Å². The molecule has 20 heavy (non-hydrogen) atoms. The molecule has 114 valence electrons. The number of nitrogens with one attached hydrogen (secondary N) is 1. The summed E-state index contributed by atoms with van der Waals surface area (Å²) in [5.74, 6) is -0.598. The van der Waals surface area contributed by atoms with E-state index >= 15 is 0 Å². The van der Waals surface area contributed by atoms with Crippen molar-refractivity contribution in [2.75, 3.05) is 6.54 Å². The Balaban J connectivity index is -0.00000162. The third kappa shape index (κ3) is 13.2. The van der Waals surface area contributed by atoms with Gasteiger partial charge in [-0.05, 0) is 31.7 Å². The Kier molecular flexibility index (Phi) is 17.5. The van der Waals surface area contributed by atoms with Gasteiger partial charge in [-0.2, -0.15) is 0 Å². The van der Waals surface area contributed by atoms with E-state index in [0.717, 1.165) is 19.4 Å². The van der Waals surface area contributed by atoms with Gasteiger partial charge in [-0.1, -0.05) is 52.0 Å². The first-order chi connectivity index (χ1) is 9.09. The SMILES string of the molecule is C=CCCCCCCCCCN[C@H](C(=O)O)C(C)C.[H-].[Na+]. The molecule has 0 saturated carbocycles. The van der Waals surface area contributed by atoms with Gasteiger partial charge in [0.2, 0.25) is 0 Å². The molecule has 0 saturated heterocycles. The summed E-state index contributed by atoms with van der Waals surface area (Å²) in [5.41, 5.74) is 0. The molecule has 0 aliphatic carbocycles. The number of unbranched alkanes of at least 4 members (excludes halogenated alkanes) is 7. The van der Waals surface area contributed by atoms with Gasteiger partial charge in [-0.25, -0.2) is 0 Å². The van der Waals surface area contributed by atoms with Crippen LogP contribution in [-0.4, -0.2) is 23.7 Å². The van der Waals surface area contributed by atoms with E-state index in [9.17, 15) is 4.79 Å². The Hall–Kier alpha value is 0.170. The molecule has 0 spiro atoms. The van der Waals surface area contributed by atoms with Gasteiger partial charge in [-0.15, -0.1) is 6.58 Å². The number of carboxylic acids is 1. The first-order valence-electron chi connectivity index (χ1n) is 7.66. The zero-order valence-electron chi connectivity index (χ0n) is 14.7. The van der Waals surface area contributed by atoms with Crippen molar-refractivity contribution < 1.29 is 40.9 Å². The molecule has 0 fully saturated rings. The van der Waals surface area contributed by atoms with E-state index in [1.165, 1.54) is 38.5 Å². The van der Waals surface area contributed by atoms with Crippen molar-refractivity contribution in [1.82, 2.24) is 5.32 Å².